The van der Waals surface area contributed by atoms with E-state index in [4.69, 9.17) is 0 Å². The Labute approximate surface area is 114 Å². The highest BCUT2D eigenvalue weighted by Gasteiger charge is 2.04. The third-order valence-corrected chi connectivity index (χ3v) is 3.36. The summed E-state index contributed by atoms with van der Waals surface area (Å²) in [6, 6.07) is 6.22. The van der Waals surface area contributed by atoms with E-state index in [1.807, 2.05) is 17.8 Å². The normalized spacial score (nSPS) is 10.4. The molecule has 6 heteroatoms. The minimum atomic E-state index is 0.489. The van der Waals surface area contributed by atoms with Crippen molar-refractivity contribution >= 4 is 23.0 Å². The number of aromatic nitrogens is 4. The fourth-order valence-electron chi connectivity index (χ4n) is 1.79. The highest BCUT2D eigenvalue weighted by atomic mass is 32.1. The number of hydrogen-bond donors (Lipinski definition) is 1. The van der Waals surface area contributed by atoms with E-state index in [2.05, 4.69) is 44.5 Å². The van der Waals surface area contributed by atoms with Crippen LogP contribution in [0.25, 0.3) is 10.4 Å². The van der Waals surface area contributed by atoms with Gasteiger partial charge in [-0.1, -0.05) is 6.07 Å². The van der Waals surface area contributed by atoms with Crippen molar-refractivity contribution in [3.8, 4) is 10.4 Å². The molecular formula is C13H11N5S. The molecule has 0 aliphatic carbocycles. The molecule has 0 amide bonds. The summed E-state index contributed by atoms with van der Waals surface area (Å²) in [5, 5.41) is 10.9. The van der Waals surface area contributed by atoms with Gasteiger partial charge in [-0.15, -0.1) is 16.4 Å². The van der Waals surface area contributed by atoms with Gasteiger partial charge in [-0.3, -0.25) is 4.98 Å². The molecule has 94 valence electrons. The Hall–Kier alpha value is -2.34. The van der Waals surface area contributed by atoms with Crippen LogP contribution in [0.4, 0.5) is 11.6 Å². The van der Waals surface area contributed by atoms with E-state index >= 15 is 0 Å². The van der Waals surface area contributed by atoms with Gasteiger partial charge in [0.2, 0.25) is 5.95 Å². The van der Waals surface area contributed by atoms with Crippen LogP contribution in [0.5, 0.6) is 0 Å². The van der Waals surface area contributed by atoms with Crippen LogP contribution in [-0.4, -0.2) is 20.2 Å². The molecule has 0 radical (unpaired) electrons. The summed E-state index contributed by atoms with van der Waals surface area (Å²) in [4.78, 5) is 9.34. The first kappa shape index (κ1) is 11.7. The lowest BCUT2D eigenvalue weighted by atomic mass is 10.1. The molecular weight excluding hydrogens is 258 g/mol. The molecule has 3 aromatic rings. The molecule has 2 heterocycles. The van der Waals surface area contributed by atoms with Gasteiger partial charge in [0.1, 0.15) is 0 Å². The zero-order valence-corrected chi connectivity index (χ0v) is 11.1. The summed E-state index contributed by atoms with van der Waals surface area (Å²) < 4.78 is 0. The van der Waals surface area contributed by atoms with Crippen molar-refractivity contribution in [1.29, 1.82) is 0 Å². The van der Waals surface area contributed by atoms with Crippen molar-refractivity contribution in [2.24, 2.45) is 0 Å². The van der Waals surface area contributed by atoms with Crippen molar-refractivity contribution in [3.05, 3.63) is 47.9 Å². The van der Waals surface area contributed by atoms with Crippen LogP contribution < -0.4 is 5.32 Å². The molecule has 0 atom stereocenters. The Morgan fingerprint density at radius 1 is 1.16 bits per heavy atom. The van der Waals surface area contributed by atoms with E-state index in [9.17, 15) is 0 Å². The van der Waals surface area contributed by atoms with Crippen LogP contribution in [0, 0.1) is 6.92 Å². The molecule has 0 aliphatic heterocycles. The molecule has 5 nitrogen and oxygen atoms in total. The monoisotopic (exact) mass is 269 g/mol. The Balaban J connectivity index is 1.94. The number of rotatable bonds is 3. The van der Waals surface area contributed by atoms with E-state index in [-0.39, 0.29) is 0 Å². The van der Waals surface area contributed by atoms with Gasteiger partial charge in [0, 0.05) is 11.9 Å². The number of nitrogens with zero attached hydrogens (tertiary/aromatic N) is 4. The molecule has 0 aliphatic rings. The molecule has 0 unspecified atom stereocenters. The third kappa shape index (κ3) is 2.74. The molecule has 2 aromatic heterocycles. The number of anilines is 2. The largest absolute Gasteiger partial charge is 0.323 e. The van der Waals surface area contributed by atoms with Gasteiger partial charge < -0.3 is 5.32 Å². The second kappa shape index (κ2) is 5.11. The van der Waals surface area contributed by atoms with Crippen LogP contribution >= 0.6 is 11.3 Å². The quantitative estimate of drug-likeness (QED) is 0.791. The molecule has 0 bridgehead atoms. The van der Waals surface area contributed by atoms with E-state index in [0.29, 0.717) is 5.95 Å². The molecule has 3 rings (SSSR count). The summed E-state index contributed by atoms with van der Waals surface area (Å²) in [5.41, 5.74) is 5.07. The van der Waals surface area contributed by atoms with Crippen molar-refractivity contribution < 1.29 is 0 Å². The number of hydrogen-bond acceptors (Lipinski definition) is 6. The highest BCUT2D eigenvalue weighted by Crippen LogP contribution is 2.28. The van der Waals surface area contributed by atoms with Gasteiger partial charge in [0.05, 0.1) is 22.8 Å². The summed E-state index contributed by atoms with van der Waals surface area (Å²) in [6.45, 7) is 2.06. The molecule has 0 spiro atoms. The Morgan fingerprint density at radius 2 is 2.11 bits per heavy atom. The first-order valence-corrected chi connectivity index (χ1v) is 6.60. The minimum Gasteiger partial charge on any atom is -0.323 e. The van der Waals surface area contributed by atoms with E-state index in [0.717, 1.165) is 21.7 Å². The molecule has 0 saturated heterocycles. The maximum Gasteiger partial charge on any atom is 0.247 e. The van der Waals surface area contributed by atoms with Crippen molar-refractivity contribution in [3.63, 3.8) is 0 Å². The van der Waals surface area contributed by atoms with Crippen LogP contribution in [0.15, 0.2) is 42.3 Å². The predicted molar refractivity (Wildman–Crippen MR) is 75.4 cm³/mol. The Kier molecular flexibility index (Phi) is 3.16. The molecule has 0 fully saturated rings. The fraction of sp³-hybridized carbons (Fsp3) is 0.0769. The lowest BCUT2D eigenvalue weighted by Crippen LogP contribution is -1.98. The standard InChI is InChI=1S/C13H11N5S/c1-9-4-10(12-7-14-8-19-12)6-11(5-9)17-13-15-2-3-16-18-13/h2-8H,1H3,(H,15,17,18). The average molecular weight is 269 g/mol. The van der Waals surface area contributed by atoms with E-state index in [1.54, 1.807) is 23.7 Å². The second-order valence-electron chi connectivity index (χ2n) is 4.04. The van der Waals surface area contributed by atoms with Crippen LogP contribution in [0.3, 0.4) is 0 Å². The Morgan fingerprint density at radius 3 is 2.84 bits per heavy atom. The number of benzene rings is 1. The van der Waals surface area contributed by atoms with Gasteiger partial charge in [-0.25, -0.2) is 4.98 Å². The fourth-order valence-corrected chi connectivity index (χ4v) is 2.40. The smallest absolute Gasteiger partial charge is 0.247 e. The molecule has 0 saturated carbocycles. The average Bonchev–Trinajstić information content (AvgIpc) is 2.93. The predicted octanol–water partition coefficient (Wildman–Crippen LogP) is 3.05. The molecule has 1 aromatic carbocycles. The lowest BCUT2D eigenvalue weighted by Gasteiger charge is -2.07. The zero-order valence-electron chi connectivity index (χ0n) is 10.2. The number of aryl methyl sites for hydroxylation is 1. The number of thiazole rings is 1. The van der Waals surface area contributed by atoms with Crippen molar-refractivity contribution in [2.45, 2.75) is 6.92 Å². The van der Waals surface area contributed by atoms with Gasteiger partial charge in [-0.2, -0.15) is 5.10 Å². The van der Waals surface area contributed by atoms with Gasteiger partial charge in [0.25, 0.3) is 0 Å². The van der Waals surface area contributed by atoms with E-state index in [1.165, 1.54) is 0 Å². The first-order chi connectivity index (χ1) is 9.31. The molecule has 1 N–H and O–H groups in total. The van der Waals surface area contributed by atoms with Crippen molar-refractivity contribution in [2.75, 3.05) is 5.32 Å². The van der Waals surface area contributed by atoms with E-state index < -0.39 is 0 Å². The van der Waals surface area contributed by atoms with Crippen LogP contribution in [0.2, 0.25) is 0 Å². The lowest BCUT2D eigenvalue weighted by molar-refractivity contribution is 0.978. The second-order valence-corrected chi connectivity index (χ2v) is 4.93. The SMILES string of the molecule is Cc1cc(Nc2nccnn2)cc(-c2cncs2)c1. The topological polar surface area (TPSA) is 63.6 Å². The van der Waals surface area contributed by atoms with Crippen molar-refractivity contribution in [1.82, 2.24) is 20.2 Å². The van der Waals surface area contributed by atoms with Crippen LogP contribution in [0.1, 0.15) is 5.56 Å². The summed E-state index contributed by atoms with van der Waals surface area (Å²) >= 11 is 1.62. The van der Waals surface area contributed by atoms with Gasteiger partial charge in [0.15, 0.2) is 0 Å². The highest BCUT2D eigenvalue weighted by molar-refractivity contribution is 7.13. The minimum absolute atomic E-state index is 0.489. The Bertz CT molecular complexity index is 667. The van der Waals surface area contributed by atoms with Crippen LogP contribution in [-0.2, 0) is 0 Å². The summed E-state index contributed by atoms with van der Waals surface area (Å²) in [7, 11) is 0. The number of nitrogens with one attached hydrogen (secondary N) is 1. The maximum absolute atomic E-state index is 4.11. The summed E-state index contributed by atoms with van der Waals surface area (Å²) in [6.07, 6.45) is 5.02. The van der Waals surface area contributed by atoms with Gasteiger partial charge in [-0.05, 0) is 30.2 Å². The van der Waals surface area contributed by atoms with Gasteiger partial charge >= 0.3 is 0 Å². The summed E-state index contributed by atoms with van der Waals surface area (Å²) in [5.74, 6) is 0.489. The molecule has 19 heavy (non-hydrogen) atoms. The third-order valence-electron chi connectivity index (χ3n) is 2.53. The zero-order chi connectivity index (χ0) is 13.1. The maximum atomic E-state index is 4.11. The first-order valence-electron chi connectivity index (χ1n) is 5.72.